The van der Waals surface area contributed by atoms with Crippen molar-refractivity contribution in [1.82, 2.24) is 20.6 Å². The molecule has 0 aliphatic carbocycles. The van der Waals surface area contributed by atoms with Crippen LogP contribution < -0.4 is 10.6 Å². The van der Waals surface area contributed by atoms with E-state index in [9.17, 15) is 19.2 Å². The molecule has 1 aromatic heterocycles. The first kappa shape index (κ1) is 20.4. The number of nitrogens with one attached hydrogen (secondary N) is 3. The molecule has 27 heavy (non-hydrogen) atoms. The highest BCUT2D eigenvalue weighted by atomic mass is 35.5. The lowest BCUT2D eigenvalue weighted by Gasteiger charge is -2.08. The summed E-state index contributed by atoms with van der Waals surface area (Å²) < 4.78 is 4.84. The minimum Gasteiger partial charge on any atom is -0.454 e. The average Bonchev–Trinajstić information content (AvgIpc) is 3.17. The second-order valence-corrected chi connectivity index (χ2v) is 5.92. The highest BCUT2D eigenvalue weighted by Crippen LogP contribution is 2.24. The number of nitrogens with zero attached hydrogens (tertiary/aromatic N) is 1. The van der Waals surface area contributed by atoms with Crippen LogP contribution in [-0.4, -0.2) is 53.2 Å². The van der Waals surface area contributed by atoms with Gasteiger partial charge in [0.05, 0.1) is 28.7 Å². The summed E-state index contributed by atoms with van der Waals surface area (Å²) in [7, 11) is 0. The van der Waals surface area contributed by atoms with Crippen LogP contribution in [0.1, 0.15) is 21.0 Å². The fourth-order valence-corrected chi connectivity index (χ4v) is 2.41. The molecule has 2 rings (SSSR count). The van der Waals surface area contributed by atoms with Gasteiger partial charge in [-0.05, 0) is 12.1 Å². The SMILES string of the molecule is O=C(CNC(=O)CNC(=O)c1ncc[nH]1)COC(=O)c1c(Cl)cccc1Cl. The zero-order valence-electron chi connectivity index (χ0n) is 13.8. The predicted octanol–water partition coefficient (Wildman–Crippen LogP) is 0.989. The summed E-state index contributed by atoms with van der Waals surface area (Å²) >= 11 is 11.7. The molecule has 11 heteroatoms. The first-order chi connectivity index (χ1) is 12.9. The minimum absolute atomic E-state index is 0.0432. The largest absolute Gasteiger partial charge is 0.454 e. The van der Waals surface area contributed by atoms with Crippen molar-refractivity contribution in [3.63, 3.8) is 0 Å². The minimum atomic E-state index is -0.851. The van der Waals surface area contributed by atoms with Crippen LogP contribution >= 0.6 is 23.2 Å². The van der Waals surface area contributed by atoms with Crippen LogP contribution in [-0.2, 0) is 14.3 Å². The second-order valence-electron chi connectivity index (χ2n) is 5.11. The molecule has 0 spiro atoms. The van der Waals surface area contributed by atoms with E-state index in [0.29, 0.717) is 0 Å². The number of H-pyrrole nitrogens is 1. The quantitative estimate of drug-likeness (QED) is 0.554. The van der Waals surface area contributed by atoms with Gasteiger partial charge in [-0.1, -0.05) is 29.3 Å². The van der Waals surface area contributed by atoms with Crippen LogP contribution in [0.15, 0.2) is 30.6 Å². The molecule has 0 aliphatic heterocycles. The zero-order valence-corrected chi connectivity index (χ0v) is 15.3. The Morgan fingerprint density at radius 3 is 2.41 bits per heavy atom. The summed E-state index contributed by atoms with van der Waals surface area (Å²) in [5.41, 5.74) is -0.0432. The van der Waals surface area contributed by atoms with Crippen molar-refractivity contribution in [2.24, 2.45) is 0 Å². The van der Waals surface area contributed by atoms with Crippen LogP contribution in [0.5, 0.6) is 0 Å². The Hall–Kier alpha value is -2.91. The molecule has 1 aromatic carbocycles. The number of esters is 1. The van der Waals surface area contributed by atoms with Crippen LogP contribution in [0, 0.1) is 0 Å². The summed E-state index contributed by atoms with van der Waals surface area (Å²) in [4.78, 5) is 53.2. The zero-order chi connectivity index (χ0) is 19.8. The third-order valence-electron chi connectivity index (χ3n) is 3.14. The van der Waals surface area contributed by atoms with Gasteiger partial charge in [0.1, 0.15) is 0 Å². The smallest absolute Gasteiger partial charge is 0.341 e. The molecular weight excluding hydrogens is 399 g/mol. The van der Waals surface area contributed by atoms with Gasteiger partial charge >= 0.3 is 5.97 Å². The predicted molar refractivity (Wildman–Crippen MR) is 95.7 cm³/mol. The van der Waals surface area contributed by atoms with Gasteiger partial charge in [-0.2, -0.15) is 0 Å². The van der Waals surface area contributed by atoms with Crippen LogP contribution in [0.3, 0.4) is 0 Å². The fourth-order valence-electron chi connectivity index (χ4n) is 1.86. The summed E-state index contributed by atoms with van der Waals surface area (Å²) in [6, 6.07) is 4.49. The maximum absolute atomic E-state index is 11.9. The van der Waals surface area contributed by atoms with Crippen LogP contribution in [0.2, 0.25) is 10.0 Å². The van der Waals surface area contributed by atoms with E-state index in [4.69, 9.17) is 27.9 Å². The Morgan fingerprint density at radius 2 is 1.78 bits per heavy atom. The maximum atomic E-state index is 11.9. The summed E-state index contributed by atoms with van der Waals surface area (Å²) in [5.74, 6) is -2.51. The number of aromatic amines is 1. The lowest BCUT2D eigenvalue weighted by atomic mass is 10.2. The Morgan fingerprint density at radius 1 is 1.07 bits per heavy atom. The number of rotatable bonds is 8. The number of halogens is 2. The molecule has 1 heterocycles. The van der Waals surface area contributed by atoms with Gasteiger partial charge in [0.25, 0.3) is 5.91 Å². The van der Waals surface area contributed by atoms with Gasteiger partial charge in [-0.25, -0.2) is 9.78 Å². The van der Waals surface area contributed by atoms with Gasteiger partial charge in [-0.3, -0.25) is 14.4 Å². The number of carbonyl (C=O) groups excluding carboxylic acids is 4. The van der Waals surface area contributed by atoms with Gasteiger partial charge in [0.15, 0.2) is 18.2 Å². The molecule has 0 bridgehead atoms. The lowest BCUT2D eigenvalue weighted by Crippen LogP contribution is -2.40. The number of carbonyl (C=O) groups is 4. The van der Waals surface area contributed by atoms with Gasteiger partial charge in [-0.15, -0.1) is 0 Å². The highest BCUT2D eigenvalue weighted by molar-refractivity contribution is 6.39. The molecule has 9 nitrogen and oxygen atoms in total. The third-order valence-corrected chi connectivity index (χ3v) is 3.77. The molecule has 0 fully saturated rings. The van der Waals surface area contributed by atoms with E-state index >= 15 is 0 Å². The van der Waals surface area contributed by atoms with Crippen LogP contribution in [0.4, 0.5) is 0 Å². The number of hydrogen-bond donors (Lipinski definition) is 3. The average molecular weight is 413 g/mol. The standard InChI is InChI=1S/C16H14Cl2N4O5/c17-10-2-1-3-11(18)13(10)16(26)27-8-9(23)6-21-12(24)7-22-15(25)14-19-4-5-20-14/h1-5H,6-8H2,(H,19,20)(H,21,24)(H,22,25). The molecule has 0 saturated carbocycles. The molecular formula is C16H14Cl2N4O5. The normalized spacial score (nSPS) is 10.1. The van der Waals surface area contributed by atoms with E-state index in [0.717, 1.165) is 0 Å². The van der Waals surface area contributed by atoms with Gasteiger partial charge < -0.3 is 20.4 Å². The summed E-state index contributed by atoms with van der Waals surface area (Å²) in [6.07, 6.45) is 2.86. The number of amides is 2. The lowest BCUT2D eigenvalue weighted by molar-refractivity contribution is -0.126. The molecule has 142 valence electrons. The Labute approximate surface area is 163 Å². The van der Waals surface area contributed by atoms with E-state index in [1.807, 2.05) is 0 Å². The van der Waals surface area contributed by atoms with Crippen molar-refractivity contribution < 1.29 is 23.9 Å². The molecule has 2 aromatic rings. The number of ether oxygens (including phenoxy) is 1. The van der Waals surface area contributed by atoms with E-state index in [-0.39, 0.29) is 34.5 Å². The van der Waals surface area contributed by atoms with E-state index in [1.165, 1.54) is 24.5 Å². The van der Waals surface area contributed by atoms with Crippen LogP contribution in [0.25, 0.3) is 0 Å². The molecule has 0 unspecified atom stereocenters. The third kappa shape index (κ3) is 6.08. The Balaban J connectivity index is 1.70. The maximum Gasteiger partial charge on any atom is 0.341 e. The van der Waals surface area contributed by atoms with E-state index < -0.39 is 30.2 Å². The second kappa shape index (κ2) is 9.70. The van der Waals surface area contributed by atoms with Crippen molar-refractivity contribution in [1.29, 1.82) is 0 Å². The molecule has 2 amide bonds. The van der Waals surface area contributed by atoms with Gasteiger partial charge in [0.2, 0.25) is 5.91 Å². The van der Waals surface area contributed by atoms with Crippen molar-refractivity contribution in [3.8, 4) is 0 Å². The molecule has 3 N–H and O–H groups in total. The molecule has 0 saturated heterocycles. The number of aromatic nitrogens is 2. The van der Waals surface area contributed by atoms with E-state index in [2.05, 4.69) is 20.6 Å². The topological polar surface area (TPSA) is 130 Å². The Bertz CT molecular complexity index is 834. The number of hydrogen-bond acceptors (Lipinski definition) is 6. The Kier molecular flexibility index (Phi) is 7.33. The first-order valence-electron chi connectivity index (χ1n) is 7.55. The van der Waals surface area contributed by atoms with Crippen molar-refractivity contribution >= 4 is 46.8 Å². The first-order valence-corrected chi connectivity index (χ1v) is 8.31. The monoisotopic (exact) mass is 412 g/mol. The van der Waals surface area contributed by atoms with Crippen molar-refractivity contribution in [2.45, 2.75) is 0 Å². The number of ketones is 1. The highest BCUT2D eigenvalue weighted by Gasteiger charge is 2.17. The fraction of sp³-hybridized carbons (Fsp3) is 0.188. The summed E-state index contributed by atoms with van der Waals surface area (Å²) in [5, 5.41) is 4.81. The molecule has 0 aliphatic rings. The summed E-state index contributed by atoms with van der Waals surface area (Å²) in [6.45, 7) is -1.29. The molecule has 0 radical (unpaired) electrons. The van der Waals surface area contributed by atoms with Crippen molar-refractivity contribution in [2.75, 3.05) is 19.7 Å². The number of Topliss-reactive ketones (excluding diaryl/α,β-unsaturated/α-hetero) is 1. The van der Waals surface area contributed by atoms with E-state index in [1.54, 1.807) is 6.07 Å². The number of imidazole rings is 1. The molecule has 0 atom stereocenters. The van der Waals surface area contributed by atoms with Crippen molar-refractivity contribution in [3.05, 3.63) is 52.0 Å². The van der Waals surface area contributed by atoms with Gasteiger partial charge in [0, 0.05) is 12.4 Å². The number of benzene rings is 1.